The third-order valence-electron chi connectivity index (χ3n) is 9.07. The minimum atomic E-state index is 0.603. The highest BCUT2D eigenvalue weighted by molar-refractivity contribution is 6.08. The van der Waals surface area contributed by atoms with Gasteiger partial charge in [-0.1, -0.05) is 109 Å². The van der Waals surface area contributed by atoms with Crippen LogP contribution in [0.2, 0.25) is 0 Å². The highest BCUT2D eigenvalue weighted by atomic mass is 15.0. The fourth-order valence-electron chi connectivity index (χ4n) is 6.68. The van der Waals surface area contributed by atoms with Gasteiger partial charge in [0.2, 0.25) is 0 Å². The number of fused-ring (bicyclic) bond motifs is 4. The molecule has 0 aliphatic rings. The van der Waals surface area contributed by atoms with Crippen LogP contribution < -0.4 is 0 Å². The van der Waals surface area contributed by atoms with E-state index < -0.39 is 0 Å². The quantitative estimate of drug-likeness (QED) is 0.174. The third kappa shape index (κ3) is 5.33. The fraction of sp³-hybridized carbons (Fsp3) is 0.0455. The van der Waals surface area contributed by atoms with E-state index in [1.54, 1.807) is 0 Å². The van der Waals surface area contributed by atoms with Crippen molar-refractivity contribution in [3.05, 3.63) is 157 Å². The molecule has 0 aliphatic heterocycles. The Morgan fingerprint density at radius 2 is 0.940 bits per heavy atom. The van der Waals surface area contributed by atoms with Crippen LogP contribution in [0.5, 0.6) is 0 Å². The standard InChI is InChI=1S/C44H30N6/c1-27-19-20-30-21-22-37-38(24-28(2)47-41(37)40(30)46-27)33-14-7-16-35(26-33)44-49-42(31-10-4-3-5-11-31)48-43(50-44)34-15-6-13-32(25-34)36-18-8-12-29-17-9-23-45-39(29)36/h3-26H,1-2H3. The summed E-state index contributed by atoms with van der Waals surface area (Å²) in [6.07, 6.45) is 1.84. The minimum absolute atomic E-state index is 0.603. The van der Waals surface area contributed by atoms with Gasteiger partial charge in [-0.05, 0) is 60.9 Å². The van der Waals surface area contributed by atoms with E-state index in [2.05, 4.69) is 97.1 Å². The average molecular weight is 643 g/mol. The molecule has 0 aliphatic carbocycles. The molecule has 0 unspecified atom stereocenters. The Kier molecular flexibility index (Phi) is 7.13. The van der Waals surface area contributed by atoms with Gasteiger partial charge in [-0.3, -0.25) is 15.0 Å². The van der Waals surface area contributed by atoms with Gasteiger partial charge >= 0.3 is 0 Å². The normalized spacial score (nSPS) is 11.4. The van der Waals surface area contributed by atoms with Gasteiger partial charge in [-0.15, -0.1) is 0 Å². The van der Waals surface area contributed by atoms with Crippen molar-refractivity contribution in [2.75, 3.05) is 0 Å². The van der Waals surface area contributed by atoms with Crippen molar-refractivity contribution < 1.29 is 0 Å². The molecule has 6 heteroatoms. The lowest BCUT2D eigenvalue weighted by Crippen LogP contribution is -2.00. The number of aromatic nitrogens is 6. The van der Waals surface area contributed by atoms with Crippen LogP contribution in [0, 0.1) is 13.8 Å². The topological polar surface area (TPSA) is 77.3 Å². The Balaban J connectivity index is 1.20. The zero-order chi connectivity index (χ0) is 33.6. The lowest BCUT2D eigenvalue weighted by Gasteiger charge is -2.13. The van der Waals surface area contributed by atoms with E-state index in [0.717, 1.165) is 83.0 Å². The lowest BCUT2D eigenvalue weighted by atomic mass is 9.97. The van der Waals surface area contributed by atoms with Gasteiger partial charge in [-0.2, -0.15) is 0 Å². The Labute approximate surface area is 289 Å². The summed E-state index contributed by atoms with van der Waals surface area (Å²) in [7, 11) is 0. The third-order valence-corrected chi connectivity index (χ3v) is 9.07. The van der Waals surface area contributed by atoms with Gasteiger partial charge < -0.3 is 0 Å². The number of rotatable bonds is 5. The second-order valence-corrected chi connectivity index (χ2v) is 12.5. The second-order valence-electron chi connectivity index (χ2n) is 12.5. The smallest absolute Gasteiger partial charge is 0.164 e. The largest absolute Gasteiger partial charge is 0.256 e. The molecule has 9 rings (SSSR count). The number of nitrogens with zero attached hydrogens (tertiary/aromatic N) is 6. The van der Waals surface area contributed by atoms with E-state index in [-0.39, 0.29) is 0 Å². The summed E-state index contributed by atoms with van der Waals surface area (Å²) in [5, 5.41) is 3.23. The molecule has 50 heavy (non-hydrogen) atoms. The molecule has 6 nitrogen and oxygen atoms in total. The fourth-order valence-corrected chi connectivity index (χ4v) is 6.68. The van der Waals surface area contributed by atoms with Crippen LogP contribution in [0.1, 0.15) is 11.4 Å². The van der Waals surface area contributed by atoms with Gasteiger partial charge in [0.15, 0.2) is 17.5 Å². The van der Waals surface area contributed by atoms with Crippen molar-refractivity contribution in [2.24, 2.45) is 0 Å². The Hall–Kier alpha value is -6.66. The first-order chi connectivity index (χ1) is 24.6. The maximum atomic E-state index is 5.10. The molecule has 0 bridgehead atoms. The summed E-state index contributed by atoms with van der Waals surface area (Å²) in [6, 6.07) is 47.7. The Morgan fingerprint density at radius 1 is 0.360 bits per heavy atom. The van der Waals surface area contributed by atoms with E-state index in [1.807, 2.05) is 62.5 Å². The van der Waals surface area contributed by atoms with Gasteiger partial charge in [0.05, 0.1) is 16.6 Å². The van der Waals surface area contributed by atoms with Gasteiger partial charge in [0, 0.05) is 56.0 Å². The molecule has 0 saturated carbocycles. The summed E-state index contributed by atoms with van der Waals surface area (Å²) in [5.74, 6) is 1.82. The summed E-state index contributed by atoms with van der Waals surface area (Å²) >= 11 is 0. The summed E-state index contributed by atoms with van der Waals surface area (Å²) in [6.45, 7) is 4.05. The molecule has 0 fully saturated rings. The van der Waals surface area contributed by atoms with Crippen molar-refractivity contribution in [3.8, 4) is 56.4 Å². The predicted molar refractivity (Wildman–Crippen MR) is 202 cm³/mol. The molecule has 0 spiro atoms. The first-order valence-electron chi connectivity index (χ1n) is 16.6. The number of hydrogen-bond donors (Lipinski definition) is 0. The molecule has 0 radical (unpaired) electrons. The van der Waals surface area contributed by atoms with Crippen LogP contribution in [0.4, 0.5) is 0 Å². The lowest BCUT2D eigenvalue weighted by molar-refractivity contribution is 1.07. The first kappa shape index (κ1) is 29.5. The van der Waals surface area contributed by atoms with Crippen molar-refractivity contribution in [1.29, 1.82) is 0 Å². The molecular formula is C44H30N6. The van der Waals surface area contributed by atoms with Crippen molar-refractivity contribution >= 4 is 32.7 Å². The molecular weight excluding hydrogens is 613 g/mol. The predicted octanol–water partition coefficient (Wildman–Crippen LogP) is 10.5. The highest BCUT2D eigenvalue weighted by Gasteiger charge is 2.16. The molecule has 0 atom stereocenters. The number of hydrogen-bond acceptors (Lipinski definition) is 6. The van der Waals surface area contributed by atoms with E-state index >= 15 is 0 Å². The molecule has 0 amide bonds. The first-order valence-corrected chi connectivity index (χ1v) is 16.6. The van der Waals surface area contributed by atoms with Crippen molar-refractivity contribution in [1.82, 2.24) is 29.9 Å². The molecule has 0 saturated heterocycles. The van der Waals surface area contributed by atoms with Gasteiger partial charge in [0.1, 0.15) is 0 Å². The van der Waals surface area contributed by atoms with E-state index in [1.165, 1.54) is 0 Å². The van der Waals surface area contributed by atoms with E-state index in [9.17, 15) is 0 Å². The zero-order valence-electron chi connectivity index (χ0n) is 27.5. The van der Waals surface area contributed by atoms with Gasteiger partial charge in [-0.25, -0.2) is 15.0 Å². The minimum Gasteiger partial charge on any atom is -0.256 e. The Morgan fingerprint density at radius 3 is 1.70 bits per heavy atom. The van der Waals surface area contributed by atoms with Crippen molar-refractivity contribution in [3.63, 3.8) is 0 Å². The van der Waals surface area contributed by atoms with Crippen LogP contribution in [0.3, 0.4) is 0 Å². The monoisotopic (exact) mass is 642 g/mol. The molecule has 4 heterocycles. The van der Waals surface area contributed by atoms with Crippen LogP contribution in [-0.4, -0.2) is 29.9 Å². The number of benzene rings is 5. The maximum Gasteiger partial charge on any atom is 0.164 e. The summed E-state index contributed by atoms with van der Waals surface area (Å²) < 4.78 is 0. The van der Waals surface area contributed by atoms with E-state index in [0.29, 0.717) is 17.5 Å². The van der Waals surface area contributed by atoms with Gasteiger partial charge in [0.25, 0.3) is 0 Å². The SMILES string of the molecule is Cc1ccc2ccc3c(-c4cccc(-c5nc(-c6ccccc6)nc(-c6cccc(-c7cccc8cccnc78)c6)n5)c4)cc(C)nc3c2n1. The van der Waals surface area contributed by atoms with Crippen LogP contribution in [0.15, 0.2) is 146 Å². The Bertz CT molecular complexity index is 2730. The highest BCUT2D eigenvalue weighted by Crippen LogP contribution is 2.35. The molecule has 0 N–H and O–H groups in total. The van der Waals surface area contributed by atoms with Crippen molar-refractivity contribution in [2.45, 2.75) is 13.8 Å². The summed E-state index contributed by atoms with van der Waals surface area (Å²) in [4.78, 5) is 29.7. The van der Waals surface area contributed by atoms with Crippen LogP contribution in [-0.2, 0) is 0 Å². The molecule has 4 aromatic heterocycles. The van der Waals surface area contributed by atoms with Crippen LogP contribution in [0.25, 0.3) is 89.1 Å². The summed E-state index contributed by atoms with van der Waals surface area (Å²) in [5.41, 5.74) is 11.7. The number of pyridine rings is 3. The molecule has 9 aromatic rings. The zero-order valence-corrected chi connectivity index (χ0v) is 27.5. The number of para-hydroxylation sites is 1. The molecule has 236 valence electrons. The number of aryl methyl sites for hydroxylation is 2. The maximum absolute atomic E-state index is 5.10. The van der Waals surface area contributed by atoms with E-state index in [4.69, 9.17) is 29.9 Å². The second kappa shape index (κ2) is 12.1. The van der Waals surface area contributed by atoms with Crippen LogP contribution >= 0.6 is 0 Å². The molecule has 5 aromatic carbocycles. The average Bonchev–Trinajstić information content (AvgIpc) is 3.17.